The first-order valence-corrected chi connectivity index (χ1v) is 15.9. The van der Waals surface area contributed by atoms with E-state index in [1.165, 1.54) is 167 Å². The van der Waals surface area contributed by atoms with Gasteiger partial charge in [-0.05, 0) is 70.4 Å². The first kappa shape index (κ1) is 34.2. The van der Waals surface area contributed by atoms with Gasteiger partial charge in [-0.3, -0.25) is 0 Å². The molecule has 0 aliphatic heterocycles. The SMILES string of the molecule is C=CCCCCCCCNCCCCCCCC(=C)N(C)CCCC(CCCCC)CCCCC. The van der Waals surface area contributed by atoms with E-state index in [1.54, 1.807) is 0 Å². The summed E-state index contributed by atoms with van der Waals surface area (Å²) >= 11 is 0. The first-order valence-electron chi connectivity index (χ1n) is 15.9. The summed E-state index contributed by atoms with van der Waals surface area (Å²) < 4.78 is 0. The molecular formula is C33H66N2. The number of hydrogen-bond donors (Lipinski definition) is 1. The number of rotatable bonds is 29. The molecule has 0 fully saturated rings. The Morgan fingerprint density at radius 1 is 0.686 bits per heavy atom. The van der Waals surface area contributed by atoms with Crippen LogP contribution in [-0.2, 0) is 0 Å². The molecule has 0 saturated heterocycles. The highest BCUT2D eigenvalue weighted by Gasteiger charge is 2.10. The van der Waals surface area contributed by atoms with Crippen molar-refractivity contribution in [1.29, 1.82) is 0 Å². The van der Waals surface area contributed by atoms with E-state index in [0.29, 0.717) is 0 Å². The quantitative estimate of drug-likeness (QED) is 0.0828. The lowest BCUT2D eigenvalue weighted by Gasteiger charge is -2.23. The molecule has 0 aromatic carbocycles. The summed E-state index contributed by atoms with van der Waals surface area (Å²) in [6, 6.07) is 0. The van der Waals surface area contributed by atoms with Crippen LogP contribution in [0, 0.1) is 5.92 Å². The van der Waals surface area contributed by atoms with Crippen molar-refractivity contribution in [1.82, 2.24) is 10.2 Å². The minimum absolute atomic E-state index is 0.955. The lowest BCUT2D eigenvalue weighted by atomic mass is 9.91. The van der Waals surface area contributed by atoms with Crippen LogP contribution in [-0.4, -0.2) is 31.6 Å². The van der Waals surface area contributed by atoms with Gasteiger partial charge in [0.05, 0.1) is 0 Å². The molecule has 2 nitrogen and oxygen atoms in total. The van der Waals surface area contributed by atoms with Gasteiger partial charge in [0.25, 0.3) is 0 Å². The van der Waals surface area contributed by atoms with E-state index in [2.05, 4.69) is 44.3 Å². The summed E-state index contributed by atoms with van der Waals surface area (Å²) in [5, 5.41) is 3.63. The smallest absolute Gasteiger partial charge is 0.0171 e. The largest absolute Gasteiger partial charge is 0.378 e. The predicted octanol–water partition coefficient (Wildman–Crippen LogP) is 10.4. The molecule has 208 valence electrons. The average molecular weight is 491 g/mol. The van der Waals surface area contributed by atoms with E-state index in [9.17, 15) is 0 Å². The summed E-state index contributed by atoms with van der Waals surface area (Å²) in [7, 11) is 2.26. The molecule has 0 spiro atoms. The summed E-state index contributed by atoms with van der Waals surface area (Å²) in [4.78, 5) is 2.44. The number of unbranched alkanes of at least 4 members (excludes halogenated alkanes) is 13. The zero-order chi connectivity index (χ0) is 25.8. The molecule has 0 saturated carbocycles. The zero-order valence-corrected chi connectivity index (χ0v) is 24.7. The summed E-state index contributed by atoms with van der Waals surface area (Å²) in [6.45, 7) is 16.4. The Kier molecular flexibility index (Phi) is 27.2. The Bertz CT molecular complexity index is 434. The topological polar surface area (TPSA) is 15.3 Å². The zero-order valence-electron chi connectivity index (χ0n) is 24.7. The molecule has 0 amide bonds. The predicted molar refractivity (Wildman–Crippen MR) is 161 cm³/mol. The van der Waals surface area contributed by atoms with E-state index in [-0.39, 0.29) is 0 Å². The highest BCUT2D eigenvalue weighted by atomic mass is 15.1. The molecule has 0 aliphatic rings. The Morgan fingerprint density at radius 3 is 1.77 bits per heavy atom. The maximum Gasteiger partial charge on any atom is 0.0171 e. The van der Waals surface area contributed by atoms with Gasteiger partial charge in [-0.25, -0.2) is 0 Å². The van der Waals surface area contributed by atoms with Gasteiger partial charge in [0.15, 0.2) is 0 Å². The normalized spacial score (nSPS) is 11.3. The second kappa shape index (κ2) is 27.8. The van der Waals surface area contributed by atoms with Crippen LogP contribution in [0.1, 0.15) is 155 Å². The first-order chi connectivity index (χ1) is 17.2. The average Bonchev–Trinajstić information content (AvgIpc) is 2.86. The molecule has 0 bridgehead atoms. The van der Waals surface area contributed by atoms with Crippen molar-refractivity contribution in [2.24, 2.45) is 5.92 Å². The van der Waals surface area contributed by atoms with Gasteiger partial charge >= 0.3 is 0 Å². The second-order valence-electron chi connectivity index (χ2n) is 11.1. The van der Waals surface area contributed by atoms with Crippen LogP contribution in [0.2, 0.25) is 0 Å². The lowest BCUT2D eigenvalue weighted by molar-refractivity contribution is 0.332. The molecule has 1 N–H and O–H groups in total. The fourth-order valence-electron chi connectivity index (χ4n) is 5.07. The Morgan fingerprint density at radius 2 is 1.20 bits per heavy atom. The second-order valence-corrected chi connectivity index (χ2v) is 11.1. The van der Waals surface area contributed by atoms with Crippen molar-refractivity contribution < 1.29 is 0 Å². The van der Waals surface area contributed by atoms with Crippen molar-refractivity contribution >= 4 is 0 Å². The third-order valence-electron chi connectivity index (χ3n) is 7.66. The van der Waals surface area contributed by atoms with Crippen LogP contribution in [0.5, 0.6) is 0 Å². The standard InChI is InChI=1S/C33H66N2/c1-6-9-12-13-14-17-22-29-34-30-23-18-15-16-21-25-32(4)35(5)31-24-28-33(26-19-10-7-2)27-20-11-8-3/h6,33-34H,1,4,7-31H2,2-3,5H3. The molecule has 0 aromatic rings. The number of nitrogens with one attached hydrogen (secondary N) is 1. The van der Waals surface area contributed by atoms with Gasteiger partial charge in [-0.1, -0.05) is 116 Å². The fourth-order valence-corrected chi connectivity index (χ4v) is 5.07. The van der Waals surface area contributed by atoms with E-state index in [0.717, 1.165) is 5.92 Å². The van der Waals surface area contributed by atoms with Crippen molar-refractivity contribution in [2.75, 3.05) is 26.7 Å². The van der Waals surface area contributed by atoms with Gasteiger partial charge in [0.2, 0.25) is 0 Å². The molecule has 0 radical (unpaired) electrons. The maximum absolute atomic E-state index is 4.39. The Balaban J connectivity index is 3.62. The Hall–Kier alpha value is -0.760. The van der Waals surface area contributed by atoms with Crippen LogP contribution >= 0.6 is 0 Å². The van der Waals surface area contributed by atoms with Crippen molar-refractivity contribution in [2.45, 2.75) is 155 Å². The summed E-state index contributed by atoms with van der Waals surface area (Å²) in [5.74, 6) is 0.955. The maximum atomic E-state index is 4.39. The van der Waals surface area contributed by atoms with Crippen LogP contribution in [0.15, 0.2) is 24.9 Å². The van der Waals surface area contributed by atoms with Crippen molar-refractivity contribution in [3.63, 3.8) is 0 Å². The molecule has 0 rings (SSSR count). The fraction of sp³-hybridized carbons (Fsp3) is 0.879. The number of allylic oxidation sites excluding steroid dienone is 2. The third kappa shape index (κ3) is 24.7. The molecule has 0 aliphatic carbocycles. The van der Waals surface area contributed by atoms with Gasteiger partial charge < -0.3 is 10.2 Å². The summed E-state index contributed by atoms with van der Waals surface area (Å²) in [5.41, 5.74) is 1.35. The minimum Gasteiger partial charge on any atom is -0.378 e. The van der Waals surface area contributed by atoms with Crippen LogP contribution in [0.3, 0.4) is 0 Å². The van der Waals surface area contributed by atoms with Crippen LogP contribution < -0.4 is 5.32 Å². The molecule has 0 atom stereocenters. The van der Waals surface area contributed by atoms with Crippen LogP contribution in [0.25, 0.3) is 0 Å². The third-order valence-corrected chi connectivity index (χ3v) is 7.66. The summed E-state index contributed by atoms with van der Waals surface area (Å²) in [6.07, 6.45) is 31.9. The number of hydrogen-bond acceptors (Lipinski definition) is 2. The van der Waals surface area contributed by atoms with E-state index >= 15 is 0 Å². The number of nitrogens with zero attached hydrogens (tertiary/aromatic N) is 1. The molecule has 0 aromatic heterocycles. The van der Waals surface area contributed by atoms with Crippen molar-refractivity contribution in [3.8, 4) is 0 Å². The Labute approximate surface area is 222 Å². The van der Waals surface area contributed by atoms with Gasteiger partial charge in [-0.2, -0.15) is 0 Å². The molecule has 2 heteroatoms. The highest BCUT2D eigenvalue weighted by Crippen LogP contribution is 2.23. The lowest BCUT2D eigenvalue weighted by Crippen LogP contribution is -2.19. The monoisotopic (exact) mass is 491 g/mol. The molecule has 0 unspecified atom stereocenters. The highest BCUT2D eigenvalue weighted by molar-refractivity contribution is 4.92. The molecular weight excluding hydrogens is 424 g/mol. The van der Waals surface area contributed by atoms with E-state index in [1.807, 2.05) is 6.08 Å². The van der Waals surface area contributed by atoms with Gasteiger partial charge in [0, 0.05) is 19.3 Å². The van der Waals surface area contributed by atoms with E-state index in [4.69, 9.17) is 0 Å². The molecule has 35 heavy (non-hydrogen) atoms. The van der Waals surface area contributed by atoms with Crippen LogP contribution in [0.4, 0.5) is 0 Å². The van der Waals surface area contributed by atoms with E-state index < -0.39 is 0 Å². The van der Waals surface area contributed by atoms with Crippen molar-refractivity contribution in [3.05, 3.63) is 24.9 Å². The molecule has 0 heterocycles. The van der Waals surface area contributed by atoms with Gasteiger partial charge in [-0.15, -0.1) is 6.58 Å². The van der Waals surface area contributed by atoms with Gasteiger partial charge in [0.1, 0.15) is 0 Å². The minimum atomic E-state index is 0.955.